The summed E-state index contributed by atoms with van der Waals surface area (Å²) in [6, 6.07) is 8.89. The minimum absolute atomic E-state index is 0.0737. The third-order valence-electron chi connectivity index (χ3n) is 7.11. The van der Waals surface area contributed by atoms with Crippen LogP contribution >= 0.6 is 15.9 Å². The minimum atomic E-state index is 0.0737. The third kappa shape index (κ3) is 2.54. The second kappa shape index (κ2) is 6.21. The van der Waals surface area contributed by atoms with E-state index in [1.54, 1.807) is 22.3 Å². The van der Waals surface area contributed by atoms with Gasteiger partial charge in [-0.2, -0.15) is 0 Å². The maximum atomic E-state index is 3.92. The molecule has 138 valence electrons. The van der Waals surface area contributed by atoms with Gasteiger partial charge < -0.3 is 0 Å². The summed E-state index contributed by atoms with van der Waals surface area (Å²) < 4.78 is 1.34. The summed E-state index contributed by atoms with van der Waals surface area (Å²) in [4.78, 5) is 0. The highest BCUT2D eigenvalue weighted by molar-refractivity contribution is 9.12. The van der Waals surface area contributed by atoms with Crippen molar-refractivity contribution in [1.82, 2.24) is 0 Å². The lowest BCUT2D eigenvalue weighted by Gasteiger charge is -2.37. The van der Waals surface area contributed by atoms with E-state index in [1.165, 1.54) is 46.9 Å². The van der Waals surface area contributed by atoms with Crippen molar-refractivity contribution < 1.29 is 0 Å². The summed E-state index contributed by atoms with van der Waals surface area (Å²) in [5, 5.41) is 0. The zero-order chi connectivity index (χ0) is 18.8. The van der Waals surface area contributed by atoms with Gasteiger partial charge in [0.15, 0.2) is 0 Å². The molecule has 5 rings (SSSR count). The average Bonchev–Trinajstić information content (AvgIpc) is 3.23. The van der Waals surface area contributed by atoms with E-state index >= 15 is 0 Å². The van der Waals surface area contributed by atoms with E-state index in [0.717, 1.165) is 0 Å². The number of hydrogen-bond donors (Lipinski definition) is 0. The summed E-state index contributed by atoms with van der Waals surface area (Å²) in [5.41, 5.74) is 10.8. The van der Waals surface area contributed by atoms with Crippen molar-refractivity contribution in [1.29, 1.82) is 0 Å². The Morgan fingerprint density at radius 2 is 1.85 bits per heavy atom. The molecule has 4 aliphatic carbocycles. The second-order valence-corrected chi connectivity index (χ2v) is 9.90. The predicted octanol–water partition coefficient (Wildman–Crippen LogP) is 7.86. The van der Waals surface area contributed by atoms with Crippen molar-refractivity contribution >= 4 is 22.0 Å². The molecule has 0 spiro atoms. The molecule has 0 aliphatic heterocycles. The lowest BCUT2D eigenvalue weighted by atomic mass is 9.67. The summed E-state index contributed by atoms with van der Waals surface area (Å²) in [5.74, 6) is 0.948. The molecular formula is C26H27Br. The molecule has 2 atom stereocenters. The smallest absolute Gasteiger partial charge is 0.0243 e. The molecule has 2 unspecified atom stereocenters. The molecule has 0 saturated heterocycles. The summed E-state index contributed by atoms with van der Waals surface area (Å²) in [6.45, 7) is 7.22. The minimum Gasteiger partial charge on any atom is -0.0755 e. The first-order valence-corrected chi connectivity index (χ1v) is 11.1. The van der Waals surface area contributed by atoms with Crippen molar-refractivity contribution in [2.45, 2.75) is 52.4 Å². The fraction of sp³-hybridized carbons (Fsp3) is 0.385. The fourth-order valence-corrected chi connectivity index (χ4v) is 6.64. The number of fused-ring (bicyclic) bond motifs is 3. The molecule has 0 saturated carbocycles. The van der Waals surface area contributed by atoms with Gasteiger partial charge in [0.25, 0.3) is 0 Å². The van der Waals surface area contributed by atoms with Gasteiger partial charge in [-0.25, -0.2) is 0 Å². The Morgan fingerprint density at radius 3 is 2.70 bits per heavy atom. The molecular weight excluding hydrogens is 392 g/mol. The van der Waals surface area contributed by atoms with Gasteiger partial charge in [-0.3, -0.25) is 0 Å². The topological polar surface area (TPSA) is 0 Å². The molecule has 0 fully saturated rings. The zero-order valence-corrected chi connectivity index (χ0v) is 18.1. The van der Waals surface area contributed by atoms with Crippen LogP contribution in [-0.2, 0) is 0 Å². The Labute approximate surface area is 171 Å². The molecule has 4 aliphatic rings. The van der Waals surface area contributed by atoms with Crippen LogP contribution in [0.3, 0.4) is 0 Å². The molecule has 0 radical (unpaired) electrons. The fourth-order valence-electron chi connectivity index (χ4n) is 5.94. The van der Waals surface area contributed by atoms with Crippen LogP contribution in [0, 0.1) is 11.3 Å². The Kier molecular flexibility index (Phi) is 4.02. The maximum Gasteiger partial charge on any atom is 0.0243 e. The van der Waals surface area contributed by atoms with Crippen LogP contribution in [-0.4, -0.2) is 0 Å². The Morgan fingerprint density at radius 1 is 1.07 bits per heavy atom. The van der Waals surface area contributed by atoms with E-state index in [9.17, 15) is 0 Å². The van der Waals surface area contributed by atoms with Gasteiger partial charge in [-0.1, -0.05) is 83.4 Å². The van der Waals surface area contributed by atoms with Crippen LogP contribution in [0.1, 0.15) is 63.5 Å². The lowest BCUT2D eigenvalue weighted by molar-refractivity contribution is 0.403. The largest absolute Gasteiger partial charge is 0.0755 e. The Hall–Kier alpha value is -1.60. The van der Waals surface area contributed by atoms with Gasteiger partial charge in [0.1, 0.15) is 0 Å². The highest BCUT2D eigenvalue weighted by Crippen LogP contribution is 2.56. The number of allylic oxidation sites excluding steroid dienone is 9. The van der Waals surface area contributed by atoms with Crippen molar-refractivity contribution in [3.05, 3.63) is 86.0 Å². The molecule has 1 aromatic carbocycles. The van der Waals surface area contributed by atoms with Crippen LogP contribution in [0.25, 0.3) is 6.08 Å². The van der Waals surface area contributed by atoms with Crippen LogP contribution in [0.4, 0.5) is 0 Å². The predicted molar refractivity (Wildman–Crippen MR) is 119 cm³/mol. The number of rotatable bonds is 2. The van der Waals surface area contributed by atoms with Crippen molar-refractivity contribution in [2.24, 2.45) is 11.3 Å². The van der Waals surface area contributed by atoms with E-state index in [2.05, 4.69) is 85.3 Å². The third-order valence-corrected chi connectivity index (χ3v) is 7.82. The quantitative estimate of drug-likeness (QED) is 0.458. The van der Waals surface area contributed by atoms with Gasteiger partial charge in [0.05, 0.1) is 0 Å². The highest BCUT2D eigenvalue weighted by atomic mass is 79.9. The van der Waals surface area contributed by atoms with Gasteiger partial charge in [-0.15, -0.1) is 0 Å². The monoisotopic (exact) mass is 418 g/mol. The van der Waals surface area contributed by atoms with E-state index < -0.39 is 0 Å². The standard InChI is InChI=1S/C26H27Br/c1-16-14-21-19-10-6-7-11-20(19)24(27)15-22(21)25(16)26(2,3)23-13-12-17-8-4-5-9-18(17)23/h4-5,8-9,12-15,21,23H,6-7,10-11H2,1-3H3. The summed E-state index contributed by atoms with van der Waals surface area (Å²) in [7, 11) is 0. The van der Waals surface area contributed by atoms with Crippen LogP contribution in [0.15, 0.2) is 74.8 Å². The van der Waals surface area contributed by atoms with Gasteiger partial charge in [0, 0.05) is 21.7 Å². The van der Waals surface area contributed by atoms with Gasteiger partial charge in [0.2, 0.25) is 0 Å². The Bertz CT molecular complexity index is 977. The number of halogens is 1. The first kappa shape index (κ1) is 17.5. The molecule has 0 nitrogen and oxygen atoms in total. The zero-order valence-electron chi connectivity index (χ0n) is 16.5. The number of benzene rings is 1. The van der Waals surface area contributed by atoms with E-state index in [4.69, 9.17) is 0 Å². The number of hydrogen-bond acceptors (Lipinski definition) is 0. The molecule has 27 heavy (non-hydrogen) atoms. The average molecular weight is 419 g/mol. The SMILES string of the molecule is CC1=CC2C(=C1C(C)(C)C1C=Cc3ccccc31)C=C(Br)C1=C2CCCC1. The first-order valence-electron chi connectivity index (χ1n) is 10.3. The van der Waals surface area contributed by atoms with Crippen LogP contribution < -0.4 is 0 Å². The molecule has 0 heterocycles. The second-order valence-electron chi connectivity index (χ2n) is 9.05. The summed E-state index contributed by atoms with van der Waals surface area (Å²) in [6.07, 6.45) is 14.9. The van der Waals surface area contributed by atoms with Gasteiger partial charge >= 0.3 is 0 Å². The lowest BCUT2D eigenvalue weighted by Crippen LogP contribution is -2.25. The Balaban J connectivity index is 1.63. The van der Waals surface area contributed by atoms with E-state index in [-0.39, 0.29) is 5.41 Å². The molecule has 0 N–H and O–H groups in total. The van der Waals surface area contributed by atoms with Crippen molar-refractivity contribution in [3.8, 4) is 0 Å². The van der Waals surface area contributed by atoms with Crippen LogP contribution in [0.5, 0.6) is 0 Å². The van der Waals surface area contributed by atoms with Crippen LogP contribution in [0.2, 0.25) is 0 Å². The first-order chi connectivity index (χ1) is 13.0. The normalized spacial score (nSPS) is 26.7. The highest BCUT2D eigenvalue weighted by Gasteiger charge is 2.42. The molecule has 1 aromatic rings. The maximum absolute atomic E-state index is 3.92. The molecule has 0 amide bonds. The molecule has 1 heteroatoms. The van der Waals surface area contributed by atoms with E-state index in [1.807, 2.05) is 0 Å². The van der Waals surface area contributed by atoms with E-state index in [0.29, 0.717) is 11.8 Å². The summed E-state index contributed by atoms with van der Waals surface area (Å²) >= 11 is 3.92. The molecule has 0 bridgehead atoms. The van der Waals surface area contributed by atoms with Gasteiger partial charge in [-0.05, 0) is 66.5 Å². The van der Waals surface area contributed by atoms with Crippen molar-refractivity contribution in [2.75, 3.05) is 0 Å². The molecule has 0 aromatic heterocycles. The van der Waals surface area contributed by atoms with Crippen molar-refractivity contribution in [3.63, 3.8) is 0 Å².